The van der Waals surface area contributed by atoms with Crippen LogP contribution in [0.15, 0.2) is 41.1 Å². The molecule has 1 N–H and O–H groups in total. The maximum Gasteiger partial charge on any atom is 0.417 e. The van der Waals surface area contributed by atoms with E-state index in [0.29, 0.717) is 35.4 Å². The lowest BCUT2D eigenvalue weighted by Crippen LogP contribution is -2.46. The number of alkyl halides is 5. The van der Waals surface area contributed by atoms with E-state index in [1.165, 1.54) is 6.07 Å². The molecule has 2 aliphatic heterocycles. The minimum Gasteiger partial charge on any atom is -0.478 e. The molecule has 0 radical (unpaired) electrons. The highest BCUT2D eigenvalue weighted by Crippen LogP contribution is 2.46. The number of pyridine rings is 1. The number of rotatable bonds is 9. The van der Waals surface area contributed by atoms with Crippen LogP contribution < -0.4 is 9.64 Å². The molecule has 2 aromatic heterocycles. The molecule has 2 bridgehead atoms. The molecule has 13 heteroatoms. The van der Waals surface area contributed by atoms with Gasteiger partial charge in [0.15, 0.2) is 0 Å². The molecule has 3 atom stereocenters. The quantitative estimate of drug-likeness (QED) is 0.282. The average Bonchev–Trinajstić information content (AvgIpc) is 3.62. The number of piperidine rings is 1. The van der Waals surface area contributed by atoms with E-state index in [1.54, 1.807) is 18.2 Å². The first-order chi connectivity index (χ1) is 19.6. The first kappa shape index (κ1) is 27.4. The van der Waals surface area contributed by atoms with E-state index in [2.05, 4.69) is 10.1 Å². The highest BCUT2D eigenvalue weighted by Gasteiger charge is 2.44. The molecule has 6 rings (SSSR count). The lowest BCUT2D eigenvalue weighted by Gasteiger charge is -2.40. The van der Waals surface area contributed by atoms with Gasteiger partial charge in [0.1, 0.15) is 23.0 Å². The summed E-state index contributed by atoms with van der Waals surface area (Å²) >= 11 is 0. The van der Waals surface area contributed by atoms with Crippen molar-refractivity contribution in [3.05, 3.63) is 59.0 Å². The Balaban J connectivity index is 1.21. The van der Waals surface area contributed by atoms with Crippen molar-refractivity contribution < 1.29 is 45.8 Å². The van der Waals surface area contributed by atoms with E-state index >= 15 is 0 Å². The second-order valence-electron chi connectivity index (χ2n) is 10.6. The number of aromatic nitrogens is 2. The van der Waals surface area contributed by atoms with Crippen LogP contribution in [0.3, 0.4) is 0 Å². The number of para-hydroxylation sites is 1. The number of halogens is 5. The van der Waals surface area contributed by atoms with Gasteiger partial charge in [0, 0.05) is 35.3 Å². The summed E-state index contributed by atoms with van der Waals surface area (Å²) in [5, 5.41) is 13.4. The van der Waals surface area contributed by atoms with Gasteiger partial charge in [-0.2, -0.15) is 22.0 Å². The number of carboxylic acid groups (broad SMARTS) is 1. The largest absolute Gasteiger partial charge is 0.478 e. The van der Waals surface area contributed by atoms with Crippen molar-refractivity contribution in [1.29, 1.82) is 0 Å². The zero-order valence-corrected chi connectivity index (χ0v) is 21.6. The number of carbonyl (C=O) groups is 1. The zero-order valence-electron chi connectivity index (χ0n) is 21.6. The Morgan fingerprint density at radius 3 is 2.46 bits per heavy atom. The molecule has 4 heterocycles. The third-order valence-corrected chi connectivity index (χ3v) is 7.97. The standard InChI is InChI=1S/C28H26F5N3O5/c29-27(30)40-22-4-2-1-3-18(22)24-20(25(41-35-24)14-5-6-14)13-39-17-9-15-7-8-16(10-17)36(15)23-11-21(28(31,32)33)19(12-34-23)26(37)38/h1-4,11-12,14-17,27H,5-10,13H2,(H,37,38)/t15-,16+,17+. The highest BCUT2D eigenvalue weighted by atomic mass is 19.4. The Labute approximate surface area is 231 Å². The molecular formula is C28H26F5N3O5. The minimum atomic E-state index is -4.83. The van der Waals surface area contributed by atoms with E-state index in [0.717, 1.165) is 37.9 Å². The van der Waals surface area contributed by atoms with Gasteiger partial charge in [0.25, 0.3) is 0 Å². The summed E-state index contributed by atoms with van der Waals surface area (Å²) in [5.41, 5.74) is -0.688. The van der Waals surface area contributed by atoms with E-state index in [4.69, 9.17) is 14.0 Å². The van der Waals surface area contributed by atoms with Crippen molar-refractivity contribution in [3.8, 4) is 17.0 Å². The number of hydrogen-bond donors (Lipinski definition) is 1. The monoisotopic (exact) mass is 579 g/mol. The number of anilines is 1. The van der Waals surface area contributed by atoms with Crippen LogP contribution in [0.25, 0.3) is 11.3 Å². The Morgan fingerprint density at radius 1 is 1.12 bits per heavy atom. The van der Waals surface area contributed by atoms with Crippen molar-refractivity contribution in [1.82, 2.24) is 10.1 Å². The molecule has 3 fully saturated rings. The molecule has 0 unspecified atom stereocenters. The average molecular weight is 580 g/mol. The van der Waals surface area contributed by atoms with Crippen molar-refractivity contribution in [2.45, 2.75) is 82.0 Å². The number of nitrogens with zero attached hydrogens (tertiary/aromatic N) is 3. The van der Waals surface area contributed by atoms with Crippen LogP contribution in [0.4, 0.5) is 27.8 Å². The summed E-state index contributed by atoms with van der Waals surface area (Å²) in [7, 11) is 0. The molecule has 1 aliphatic carbocycles. The van der Waals surface area contributed by atoms with Crippen LogP contribution in [0.1, 0.15) is 71.7 Å². The van der Waals surface area contributed by atoms with Crippen LogP contribution in [0.2, 0.25) is 0 Å². The molecule has 0 amide bonds. The van der Waals surface area contributed by atoms with E-state index in [9.17, 15) is 31.9 Å². The smallest absolute Gasteiger partial charge is 0.417 e. The Bertz CT molecular complexity index is 1430. The third-order valence-electron chi connectivity index (χ3n) is 7.97. The Kier molecular flexibility index (Phi) is 7.08. The van der Waals surface area contributed by atoms with Crippen LogP contribution in [0.5, 0.6) is 5.75 Å². The van der Waals surface area contributed by atoms with Crippen LogP contribution in [0, 0.1) is 0 Å². The number of aromatic carboxylic acids is 1. The van der Waals surface area contributed by atoms with Gasteiger partial charge < -0.3 is 24.0 Å². The summed E-state index contributed by atoms with van der Waals surface area (Å²) in [6, 6.07) is 6.91. The van der Waals surface area contributed by atoms with Gasteiger partial charge in [0.2, 0.25) is 0 Å². The van der Waals surface area contributed by atoms with Gasteiger partial charge in [0.05, 0.1) is 23.8 Å². The van der Waals surface area contributed by atoms with Gasteiger partial charge >= 0.3 is 18.8 Å². The van der Waals surface area contributed by atoms with E-state index in [-0.39, 0.29) is 42.3 Å². The summed E-state index contributed by atoms with van der Waals surface area (Å²) < 4.78 is 83.6. The maximum atomic E-state index is 13.6. The number of fused-ring (bicyclic) bond motifs is 2. The maximum absolute atomic E-state index is 13.6. The van der Waals surface area contributed by atoms with Gasteiger partial charge in [-0.15, -0.1) is 0 Å². The van der Waals surface area contributed by atoms with Gasteiger partial charge in [-0.3, -0.25) is 0 Å². The highest BCUT2D eigenvalue weighted by molar-refractivity contribution is 5.89. The summed E-state index contributed by atoms with van der Waals surface area (Å²) in [5.74, 6) is -0.770. The second-order valence-corrected chi connectivity index (χ2v) is 10.6. The molecular weight excluding hydrogens is 553 g/mol. The molecule has 41 heavy (non-hydrogen) atoms. The molecule has 8 nitrogen and oxygen atoms in total. The summed E-state index contributed by atoms with van der Waals surface area (Å²) in [6.45, 7) is -2.88. The first-order valence-corrected chi connectivity index (χ1v) is 13.3. The predicted molar refractivity (Wildman–Crippen MR) is 134 cm³/mol. The lowest BCUT2D eigenvalue weighted by atomic mass is 9.98. The number of hydrogen-bond acceptors (Lipinski definition) is 7. The summed E-state index contributed by atoms with van der Waals surface area (Å²) in [4.78, 5) is 17.3. The molecule has 3 aromatic rings. The van der Waals surface area contributed by atoms with Crippen molar-refractivity contribution >= 4 is 11.8 Å². The normalized spacial score (nSPS) is 22.4. The number of ether oxygens (including phenoxy) is 2. The third kappa shape index (κ3) is 5.46. The number of carboxylic acids is 1. The lowest BCUT2D eigenvalue weighted by molar-refractivity contribution is -0.138. The Morgan fingerprint density at radius 2 is 1.83 bits per heavy atom. The second kappa shape index (κ2) is 10.6. The SMILES string of the molecule is O=C(O)c1cnc(N2[C@@H]3CC[C@H]2C[C@@H](OCc2c(-c4ccccc4OC(F)F)noc2C2CC2)C3)cc1C(F)(F)F. The van der Waals surface area contributed by atoms with E-state index < -0.39 is 29.9 Å². The minimum absolute atomic E-state index is 0.0228. The first-order valence-electron chi connectivity index (χ1n) is 13.3. The van der Waals surface area contributed by atoms with E-state index in [1.807, 2.05) is 4.90 Å². The van der Waals surface area contributed by atoms with Crippen molar-refractivity contribution in [2.24, 2.45) is 0 Å². The number of benzene rings is 1. The fourth-order valence-electron chi connectivity index (χ4n) is 6.03. The van der Waals surface area contributed by atoms with Crippen LogP contribution >= 0.6 is 0 Å². The molecule has 1 aromatic carbocycles. The summed E-state index contributed by atoms with van der Waals surface area (Å²) in [6.07, 6.45) is 0.101. The topological polar surface area (TPSA) is 97.9 Å². The fourth-order valence-corrected chi connectivity index (χ4v) is 6.03. The fraction of sp³-hybridized carbons (Fsp3) is 0.464. The molecule has 0 spiro atoms. The Hall–Kier alpha value is -3.74. The zero-order chi connectivity index (χ0) is 28.9. The molecule has 218 valence electrons. The molecule has 3 aliphatic rings. The van der Waals surface area contributed by atoms with Gasteiger partial charge in [-0.25, -0.2) is 9.78 Å². The van der Waals surface area contributed by atoms with Crippen LogP contribution in [-0.4, -0.2) is 46.0 Å². The molecule has 1 saturated carbocycles. The van der Waals surface area contributed by atoms with Crippen molar-refractivity contribution in [3.63, 3.8) is 0 Å². The molecule has 2 saturated heterocycles. The van der Waals surface area contributed by atoms with Crippen LogP contribution in [-0.2, 0) is 17.5 Å². The van der Waals surface area contributed by atoms with Gasteiger partial charge in [-0.05, 0) is 56.7 Å². The predicted octanol–water partition coefficient (Wildman–Crippen LogP) is 6.65. The van der Waals surface area contributed by atoms with Crippen molar-refractivity contribution in [2.75, 3.05) is 4.90 Å². The van der Waals surface area contributed by atoms with Gasteiger partial charge in [-0.1, -0.05) is 17.3 Å².